The smallest absolute Gasteiger partial charge is 0.337 e. The van der Waals surface area contributed by atoms with Crippen molar-refractivity contribution in [2.75, 3.05) is 6.61 Å². The van der Waals surface area contributed by atoms with Crippen LogP contribution in [0.25, 0.3) is 0 Å². The van der Waals surface area contributed by atoms with Gasteiger partial charge in [-0.05, 0) is 40.2 Å². The van der Waals surface area contributed by atoms with Gasteiger partial charge < -0.3 is 39.2 Å². The second-order valence-electron chi connectivity index (χ2n) is 17.4. The van der Waals surface area contributed by atoms with Crippen molar-refractivity contribution < 1.29 is 67.5 Å². The Morgan fingerprint density at radius 1 is 1.00 bits per heavy atom. The molecular formula is C44H57NO14. The number of allylic oxidation sites excluding steroid dienone is 2. The van der Waals surface area contributed by atoms with E-state index in [0.29, 0.717) is 16.7 Å². The summed E-state index contributed by atoms with van der Waals surface area (Å²) in [7, 11) is 0. The Morgan fingerprint density at radius 2 is 1.64 bits per heavy atom. The number of amides is 1. The van der Waals surface area contributed by atoms with Gasteiger partial charge in [-0.15, -0.1) is 0 Å². The van der Waals surface area contributed by atoms with Crippen molar-refractivity contribution in [3.05, 3.63) is 59.2 Å². The highest BCUT2D eigenvalue weighted by atomic mass is 16.6. The highest BCUT2D eigenvalue weighted by molar-refractivity contribution is 6.40. The Balaban J connectivity index is 1.69. The molecule has 3 saturated carbocycles. The average molecular weight is 824 g/mol. The van der Waals surface area contributed by atoms with Gasteiger partial charge in [0.25, 0.3) is 0 Å². The van der Waals surface area contributed by atoms with Crippen LogP contribution >= 0.6 is 0 Å². The molecule has 12 atom stereocenters. The largest absolute Gasteiger partial charge is 0.461 e. The number of ketones is 2. The van der Waals surface area contributed by atoms with Crippen LogP contribution in [0.4, 0.5) is 0 Å². The van der Waals surface area contributed by atoms with E-state index in [-0.39, 0.29) is 19.4 Å². The normalized spacial score (nSPS) is 34.4. The molecule has 3 aliphatic carbocycles. The SMILES string of the molecule is CC=C(C)C(=O)N[C@@H](c1ccccc1)[C@@H](O)C(=O)O[C@H]1C[C@@]2(O)[C@@H](OC(=O)C=C(C)C)C3[C@](C)(C(=O)C(=O)C(C1C)C2(C)C)[C@@H](OC(=O)CC)C[C@H]1OC[C@@]31OC(C)=O. The number of hydrogen-bond acceptors (Lipinski definition) is 14. The molecule has 15 heteroatoms. The first kappa shape index (κ1) is 45.4. The maximum atomic E-state index is 15.2. The summed E-state index contributed by atoms with van der Waals surface area (Å²) in [6.45, 7) is 15.0. The molecule has 4 aliphatic rings. The summed E-state index contributed by atoms with van der Waals surface area (Å²) >= 11 is 0. The fourth-order valence-corrected chi connectivity index (χ4v) is 9.85. The second kappa shape index (κ2) is 16.7. The zero-order valence-electron chi connectivity index (χ0n) is 35.4. The van der Waals surface area contributed by atoms with E-state index < -0.39 is 124 Å². The fourth-order valence-electron chi connectivity index (χ4n) is 9.85. The number of carbonyl (C=O) groups is 7. The number of aliphatic hydroxyl groups is 2. The van der Waals surface area contributed by atoms with E-state index in [1.54, 1.807) is 91.8 Å². The molecule has 3 N–H and O–H groups in total. The van der Waals surface area contributed by atoms with E-state index in [4.69, 9.17) is 23.7 Å². The summed E-state index contributed by atoms with van der Waals surface area (Å²) in [5, 5.41) is 27.8. The summed E-state index contributed by atoms with van der Waals surface area (Å²) in [5.41, 5.74) is -6.56. The van der Waals surface area contributed by atoms with Gasteiger partial charge >= 0.3 is 23.9 Å². The van der Waals surface area contributed by atoms with E-state index in [9.17, 15) is 34.2 Å². The molecule has 1 heterocycles. The molecule has 3 unspecified atom stereocenters. The van der Waals surface area contributed by atoms with Crippen molar-refractivity contribution >= 4 is 41.4 Å². The van der Waals surface area contributed by atoms with Gasteiger partial charge in [0, 0.05) is 55.1 Å². The number of esters is 4. The number of rotatable bonds is 11. The van der Waals surface area contributed by atoms with Gasteiger partial charge in [-0.3, -0.25) is 24.0 Å². The quantitative estimate of drug-likeness (QED) is 0.126. The molecule has 4 fully saturated rings. The number of benzene rings is 1. The third-order valence-electron chi connectivity index (χ3n) is 13.2. The standard InChI is InChI=1S/C44H57NO14/c1-11-23(5)39(52)45-33(26-16-14-13-15-17-26)35(50)40(53)56-27-20-44(54)38(58-31(48)18-22(3)4)36-42(10,37(51)34(49)32(24(27)6)41(44,8)9)28(57-30(47)12-2)19-29-43(36,21-55-29)59-25(7)46/h11,13-18,24,27-29,32-33,35-36,38,50,54H,12,19-21H2,1-10H3,(H,45,52)/t24?,27-,28-,29+,32?,33-,35+,36?,38-,42+,43-,44+/m0/s1. The minimum Gasteiger partial charge on any atom is -0.461 e. The number of ether oxygens (including phenoxy) is 5. The zero-order chi connectivity index (χ0) is 44.0. The first-order chi connectivity index (χ1) is 27.5. The molecule has 322 valence electrons. The molecule has 5 rings (SSSR count). The lowest BCUT2D eigenvalue weighted by Crippen LogP contribution is -2.83. The lowest BCUT2D eigenvalue weighted by Gasteiger charge is -2.68. The summed E-state index contributed by atoms with van der Waals surface area (Å²) in [5.74, 6) is -10.1. The van der Waals surface area contributed by atoms with Crippen LogP contribution in [0.2, 0.25) is 0 Å². The van der Waals surface area contributed by atoms with Crippen LogP contribution in [0, 0.1) is 28.6 Å². The highest BCUT2D eigenvalue weighted by Gasteiger charge is 2.80. The van der Waals surface area contributed by atoms with Gasteiger partial charge in [0.15, 0.2) is 11.7 Å². The van der Waals surface area contributed by atoms with Crippen LogP contribution in [0.5, 0.6) is 0 Å². The van der Waals surface area contributed by atoms with Crippen LogP contribution in [0.1, 0.15) is 100 Å². The zero-order valence-corrected chi connectivity index (χ0v) is 35.4. The fraction of sp³-hybridized carbons (Fsp3) is 0.614. The van der Waals surface area contributed by atoms with Crippen LogP contribution in [0.3, 0.4) is 0 Å². The molecule has 1 amide bonds. The number of Topliss-reactive ketones (excluding diaryl/α,β-unsaturated/α-hetero) is 2. The van der Waals surface area contributed by atoms with Gasteiger partial charge in [-0.2, -0.15) is 0 Å². The molecule has 0 aromatic heterocycles. The maximum Gasteiger partial charge on any atom is 0.337 e. The molecule has 1 aliphatic heterocycles. The van der Waals surface area contributed by atoms with E-state index in [2.05, 4.69) is 5.32 Å². The van der Waals surface area contributed by atoms with Gasteiger partial charge in [-0.1, -0.05) is 69.7 Å². The number of carbonyl (C=O) groups excluding carboxylic acids is 7. The van der Waals surface area contributed by atoms with Crippen LogP contribution in [0.15, 0.2) is 53.6 Å². The van der Waals surface area contributed by atoms with Crippen molar-refractivity contribution in [1.29, 1.82) is 0 Å². The Hall–Kier alpha value is -4.73. The van der Waals surface area contributed by atoms with E-state index in [0.717, 1.165) is 6.92 Å². The van der Waals surface area contributed by atoms with Crippen LogP contribution in [-0.2, 0) is 57.2 Å². The molecule has 59 heavy (non-hydrogen) atoms. The van der Waals surface area contributed by atoms with E-state index >= 15 is 9.59 Å². The van der Waals surface area contributed by atoms with E-state index in [1.165, 1.54) is 13.0 Å². The Labute approximate surface area is 344 Å². The second-order valence-corrected chi connectivity index (χ2v) is 17.4. The number of nitrogens with one attached hydrogen (secondary N) is 1. The molecule has 0 spiro atoms. The molecule has 15 nitrogen and oxygen atoms in total. The monoisotopic (exact) mass is 823 g/mol. The summed E-state index contributed by atoms with van der Waals surface area (Å²) in [6, 6.07) is 6.97. The van der Waals surface area contributed by atoms with Gasteiger partial charge in [-0.25, -0.2) is 9.59 Å². The number of hydrogen-bond donors (Lipinski definition) is 3. The van der Waals surface area contributed by atoms with Crippen molar-refractivity contribution in [2.45, 2.75) is 136 Å². The summed E-state index contributed by atoms with van der Waals surface area (Å²) < 4.78 is 30.1. The molecular weight excluding hydrogens is 766 g/mol. The average Bonchev–Trinajstić information content (AvgIpc) is 3.16. The number of fused-ring (bicyclic) bond motifs is 5. The van der Waals surface area contributed by atoms with Crippen molar-refractivity contribution in [1.82, 2.24) is 5.32 Å². The van der Waals surface area contributed by atoms with Gasteiger partial charge in [0.2, 0.25) is 17.5 Å². The molecule has 1 aromatic rings. The minimum absolute atomic E-state index is 0.0851. The van der Waals surface area contributed by atoms with E-state index in [1.807, 2.05) is 0 Å². The Bertz CT molecular complexity index is 1930. The van der Waals surface area contributed by atoms with Crippen LogP contribution < -0.4 is 5.32 Å². The van der Waals surface area contributed by atoms with Crippen LogP contribution in [-0.4, -0.2) is 99.9 Å². The first-order valence-electron chi connectivity index (χ1n) is 20.1. The number of aliphatic hydroxyl groups excluding tert-OH is 1. The molecule has 0 radical (unpaired) electrons. The Morgan fingerprint density at radius 3 is 2.19 bits per heavy atom. The molecule has 1 aromatic carbocycles. The molecule has 2 bridgehead atoms. The summed E-state index contributed by atoms with van der Waals surface area (Å²) in [6.07, 6.45) is -5.56. The van der Waals surface area contributed by atoms with Gasteiger partial charge in [0.05, 0.1) is 24.0 Å². The van der Waals surface area contributed by atoms with Crippen molar-refractivity contribution in [3.8, 4) is 0 Å². The molecule has 1 saturated heterocycles. The highest BCUT2D eigenvalue weighted by Crippen LogP contribution is 2.65. The first-order valence-corrected chi connectivity index (χ1v) is 20.1. The topological polar surface area (TPSA) is 218 Å². The lowest BCUT2D eigenvalue weighted by molar-refractivity contribution is -0.351. The van der Waals surface area contributed by atoms with Gasteiger partial charge in [0.1, 0.15) is 30.0 Å². The lowest BCUT2D eigenvalue weighted by atomic mass is 9.42. The predicted molar refractivity (Wildman–Crippen MR) is 209 cm³/mol. The van der Waals surface area contributed by atoms with Crippen molar-refractivity contribution in [2.24, 2.45) is 28.6 Å². The van der Waals surface area contributed by atoms with Crippen molar-refractivity contribution in [3.63, 3.8) is 0 Å². The third-order valence-corrected chi connectivity index (χ3v) is 13.2. The maximum absolute atomic E-state index is 15.2. The summed E-state index contributed by atoms with van der Waals surface area (Å²) in [4.78, 5) is 97.1. The third kappa shape index (κ3) is 7.77. The predicted octanol–water partition coefficient (Wildman–Crippen LogP) is 3.57. The Kier molecular flexibility index (Phi) is 12.9. The minimum atomic E-state index is -2.35.